The second-order valence-corrected chi connectivity index (χ2v) is 2.70. The van der Waals surface area contributed by atoms with E-state index in [1.165, 1.54) is 0 Å². The monoisotopic (exact) mass is 255 g/mol. The van der Waals surface area contributed by atoms with Gasteiger partial charge in [0.1, 0.15) is 0 Å². The van der Waals surface area contributed by atoms with Crippen molar-refractivity contribution in [3.05, 3.63) is 31.5 Å². The Balaban J connectivity index is 0.00000144. The predicted molar refractivity (Wildman–Crippen MR) is 45.5 cm³/mol. The van der Waals surface area contributed by atoms with Gasteiger partial charge in [-0.3, -0.25) is 0 Å². The molecule has 0 atom stereocenters. The van der Waals surface area contributed by atoms with Crippen LogP contribution >= 0.6 is 34.8 Å². The molecule has 0 radical (unpaired) electrons. The molecule has 6 nitrogen and oxygen atoms in total. The van der Waals surface area contributed by atoms with Crippen LogP contribution in [0.5, 0.6) is 0 Å². The molecule has 0 saturated heterocycles. The maximum absolute atomic E-state index is 10.7. The fourth-order valence-electron chi connectivity index (χ4n) is 0.476. The van der Waals surface area contributed by atoms with Gasteiger partial charge in [-0.25, -0.2) is 0 Å². The zero-order valence-corrected chi connectivity index (χ0v) is 7.47. The van der Waals surface area contributed by atoms with Crippen molar-refractivity contribution in [3.8, 4) is 0 Å². The topological polar surface area (TPSA) is 80.8 Å². The van der Waals surface area contributed by atoms with E-state index in [2.05, 4.69) is 0 Å². The van der Waals surface area contributed by atoms with Gasteiger partial charge in [0.05, 0.1) is 34.8 Å². The van der Waals surface area contributed by atoms with Crippen LogP contribution in [-0.4, -0.2) is 29.6 Å². The summed E-state index contributed by atoms with van der Waals surface area (Å²) in [4.78, 5) is 0. The minimum atomic E-state index is -0.836. The summed E-state index contributed by atoms with van der Waals surface area (Å²) < 4.78 is -0.723. The minimum absolute atomic E-state index is 0. The van der Waals surface area contributed by atoms with E-state index in [0.29, 0.717) is 0 Å². The molecule has 68 valence electrons. The van der Waals surface area contributed by atoms with Crippen LogP contribution in [0.1, 0.15) is 0 Å². The Hall–Kier alpha value is 0.280. The SMILES string of the molecule is [NaH].[O-][n+]1c(Cl)[n+]([O-])c(Cl)[n+]([O-])c1Cl. The zero-order chi connectivity index (χ0) is 9.46. The number of hydrogen-bond acceptors (Lipinski definition) is 3. The van der Waals surface area contributed by atoms with Gasteiger partial charge in [0.25, 0.3) is 0 Å². The van der Waals surface area contributed by atoms with Crippen LogP contribution in [0.3, 0.4) is 0 Å². The first-order chi connectivity index (χ1) is 5.46. The Morgan fingerprint density at radius 2 is 0.846 bits per heavy atom. The van der Waals surface area contributed by atoms with Crippen molar-refractivity contribution in [1.82, 2.24) is 0 Å². The summed E-state index contributed by atoms with van der Waals surface area (Å²) in [6, 6.07) is 0. The van der Waals surface area contributed by atoms with Crippen LogP contribution in [0.4, 0.5) is 0 Å². The Morgan fingerprint density at radius 1 is 0.692 bits per heavy atom. The fraction of sp³-hybridized carbons (Fsp3) is 0. The standard InChI is InChI=1S/C3Cl3N3O3.Na.H/c4-1-7(10)2(5)9(12)3(6)8(1)11;;. The number of nitrogens with zero attached hydrogens (tertiary/aromatic N) is 3. The van der Waals surface area contributed by atoms with Crippen molar-refractivity contribution in [2.45, 2.75) is 0 Å². The molecule has 0 spiro atoms. The van der Waals surface area contributed by atoms with E-state index in [0.717, 1.165) is 0 Å². The maximum Gasteiger partial charge on any atom is 0.556 e. The number of rotatable bonds is 0. The maximum atomic E-state index is 10.7. The van der Waals surface area contributed by atoms with E-state index in [1.807, 2.05) is 0 Å². The van der Waals surface area contributed by atoms with Gasteiger partial charge in [-0.1, -0.05) is 0 Å². The second-order valence-electron chi connectivity index (χ2n) is 1.69. The smallest absolute Gasteiger partial charge is 0.556 e. The third kappa shape index (κ3) is 2.20. The van der Waals surface area contributed by atoms with Crippen LogP contribution in [0.25, 0.3) is 0 Å². The third-order valence-electron chi connectivity index (χ3n) is 1.01. The van der Waals surface area contributed by atoms with Gasteiger partial charge in [0.15, 0.2) is 0 Å². The predicted octanol–water partition coefficient (Wildman–Crippen LogP) is -1.10. The molecule has 0 aliphatic heterocycles. The van der Waals surface area contributed by atoms with E-state index in [-0.39, 0.29) is 43.7 Å². The Labute approximate surface area is 109 Å². The molecular weight excluding hydrogens is 255 g/mol. The zero-order valence-electron chi connectivity index (χ0n) is 5.20. The Bertz CT molecular complexity index is 243. The van der Waals surface area contributed by atoms with Crippen molar-refractivity contribution in [3.63, 3.8) is 0 Å². The quantitative estimate of drug-likeness (QED) is 0.336. The fourth-order valence-corrected chi connectivity index (χ4v) is 1.09. The third-order valence-corrected chi connectivity index (χ3v) is 1.93. The number of hydrogen-bond donors (Lipinski definition) is 0. The molecule has 0 fully saturated rings. The summed E-state index contributed by atoms with van der Waals surface area (Å²) in [5.74, 6) is 0. The van der Waals surface area contributed by atoms with Crippen LogP contribution in [0.15, 0.2) is 0 Å². The molecule has 0 aromatic carbocycles. The van der Waals surface area contributed by atoms with Gasteiger partial charge in [-0.2, -0.15) is 0 Å². The van der Waals surface area contributed by atoms with Gasteiger partial charge in [-0.15, -0.1) is 0 Å². The minimum Gasteiger partial charge on any atom is -0.608 e. The van der Waals surface area contributed by atoms with Gasteiger partial charge in [0, 0.05) is 0 Å². The van der Waals surface area contributed by atoms with Crippen LogP contribution in [0.2, 0.25) is 15.9 Å². The molecule has 1 aromatic heterocycles. The molecule has 0 amide bonds. The van der Waals surface area contributed by atoms with Crippen LogP contribution in [-0.2, 0) is 0 Å². The normalized spacial score (nSPS) is 9.46. The summed E-state index contributed by atoms with van der Waals surface area (Å²) in [7, 11) is 0. The Morgan fingerprint density at radius 3 is 1.00 bits per heavy atom. The molecule has 1 heterocycles. The number of halogens is 3. The van der Waals surface area contributed by atoms with Crippen LogP contribution < -0.4 is 14.2 Å². The van der Waals surface area contributed by atoms with Crippen molar-refractivity contribution < 1.29 is 14.2 Å². The number of aromatic nitrogens is 3. The summed E-state index contributed by atoms with van der Waals surface area (Å²) in [6.07, 6.45) is 0. The molecule has 13 heavy (non-hydrogen) atoms. The molecule has 1 rings (SSSR count). The molecule has 0 saturated carbocycles. The van der Waals surface area contributed by atoms with Gasteiger partial charge < -0.3 is 15.6 Å². The largest absolute Gasteiger partial charge is 0.608 e. The first kappa shape index (κ1) is 13.3. The first-order valence-corrected chi connectivity index (χ1v) is 3.59. The molecule has 0 unspecified atom stereocenters. The molecule has 10 heteroatoms. The van der Waals surface area contributed by atoms with Gasteiger partial charge in [-0.05, 0) is 14.2 Å². The molecule has 0 aliphatic carbocycles. The summed E-state index contributed by atoms with van der Waals surface area (Å²) in [5, 5.41) is 29.6. The molecule has 1 aromatic rings. The van der Waals surface area contributed by atoms with E-state index < -0.39 is 15.9 Å². The molecular formula is C3HCl3N3NaO3. The summed E-state index contributed by atoms with van der Waals surface area (Å²) in [6.45, 7) is 0. The molecule has 0 bridgehead atoms. The van der Waals surface area contributed by atoms with Gasteiger partial charge in [0.2, 0.25) is 0 Å². The summed E-state index contributed by atoms with van der Waals surface area (Å²) >= 11 is 15.4. The van der Waals surface area contributed by atoms with E-state index in [4.69, 9.17) is 34.8 Å². The average molecular weight is 256 g/mol. The molecule has 0 N–H and O–H groups in total. The van der Waals surface area contributed by atoms with Crippen molar-refractivity contribution in [1.29, 1.82) is 0 Å². The average Bonchev–Trinajstić information content (AvgIpc) is 2.08. The first-order valence-electron chi connectivity index (χ1n) is 2.46. The van der Waals surface area contributed by atoms with Crippen molar-refractivity contribution in [2.75, 3.05) is 0 Å². The van der Waals surface area contributed by atoms with E-state index in [1.54, 1.807) is 0 Å². The second kappa shape index (κ2) is 4.68. The van der Waals surface area contributed by atoms with Gasteiger partial charge >= 0.3 is 45.4 Å². The van der Waals surface area contributed by atoms with E-state index in [9.17, 15) is 15.6 Å². The van der Waals surface area contributed by atoms with Crippen molar-refractivity contribution >= 4 is 64.4 Å². The molecule has 0 aliphatic rings. The van der Waals surface area contributed by atoms with Crippen molar-refractivity contribution in [2.24, 2.45) is 0 Å². The van der Waals surface area contributed by atoms with E-state index >= 15 is 0 Å². The summed E-state index contributed by atoms with van der Waals surface area (Å²) in [5.41, 5.74) is 0. The van der Waals surface area contributed by atoms with Crippen LogP contribution in [0, 0.1) is 15.6 Å². The Kier molecular flexibility index (Phi) is 4.78.